The molecule has 0 fully saturated rings. The summed E-state index contributed by atoms with van der Waals surface area (Å²) in [6.07, 6.45) is 0.484. The molecular formula is C14H17NO2. The molecule has 1 heterocycles. The Morgan fingerprint density at radius 3 is 2.59 bits per heavy atom. The van der Waals surface area contributed by atoms with E-state index in [-0.39, 0.29) is 17.1 Å². The summed E-state index contributed by atoms with van der Waals surface area (Å²) in [5.74, 6) is 0.0652. The number of para-hydroxylation sites is 1. The van der Waals surface area contributed by atoms with Crippen molar-refractivity contribution < 1.29 is 9.59 Å². The highest BCUT2D eigenvalue weighted by atomic mass is 16.2. The molecule has 3 heteroatoms. The molecule has 0 aliphatic carbocycles. The van der Waals surface area contributed by atoms with Crippen LogP contribution in [0.3, 0.4) is 0 Å². The Hall–Kier alpha value is -1.64. The molecule has 3 nitrogen and oxygen atoms in total. The second-order valence-corrected chi connectivity index (χ2v) is 5.27. The highest BCUT2D eigenvalue weighted by molar-refractivity contribution is 6.07. The van der Waals surface area contributed by atoms with Crippen LogP contribution in [0.4, 0.5) is 5.69 Å². The Kier molecular flexibility index (Phi) is 2.57. The lowest BCUT2D eigenvalue weighted by atomic mass is 9.76. The molecule has 0 unspecified atom stereocenters. The lowest BCUT2D eigenvalue weighted by Gasteiger charge is -2.37. The fourth-order valence-electron chi connectivity index (χ4n) is 2.45. The smallest absolute Gasteiger partial charge is 0.227 e. The number of anilines is 1. The number of fused-ring (bicyclic) bond motifs is 1. The molecule has 1 aliphatic heterocycles. The standard InChI is InChI=1S/C14H17NO2/c1-9(16)10-6-5-7-11-13(10)15(4)12(17)8-14(11,2)3/h5-7H,8H2,1-4H3. The van der Waals surface area contributed by atoms with Crippen LogP contribution in [0.15, 0.2) is 18.2 Å². The molecule has 1 aromatic rings. The summed E-state index contributed by atoms with van der Waals surface area (Å²) in [6.45, 7) is 5.62. The molecule has 0 atom stereocenters. The van der Waals surface area contributed by atoms with Crippen LogP contribution in [-0.4, -0.2) is 18.7 Å². The SMILES string of the molecule is CC(=O)c1cccc2c1N(C)C(=O)CC2(C)C. The van der Waals surface area contributed by atoms with Gasteiger partial charge < -0.3 is 4.90 Å². The van der Waals surface area contributed by atoms with E-state index >= 15 is 0 Å². The summed E-state index contributed by atoms with van der Waals surface area (Å²) in [7, 11) is 1.74. The third-order valence-corrected chi connectivity index (χ3v) is 3.45. The maximum Gasteiger partial charge on any atom is 0.227 e. The highest BCUT2D eigenvalue weighted by Crippen LogP contribution is 2.41. The number of carbonyl (C=O) groups is 2. The molecule has 1 aliphatic rings. The number of carbonyl (C=O) groups excluding carboxylic acids is 2. The van der Waals surface area contributed by atoms with E-state index in [1.165, 1.54) is 6.92 Å². The number of Topliss-reactive ketones (excluding diaryl/α,β-unsaturated/α-hetero) is 1. The van der Waals surface area contributed by atoms with Crippen LogP contribution in [0, 0.1) is 0 Å². The molecule has 2 rings (SSSR count). The summed E-state index contributed by atoms with van der Waals surface area (Å²) in [6, 6.07) is 5.68. The summed E-state index contributed by atoms with van der Waals surface area (Å²) in [4.78, 5) is 25.2. The van der Waals surface area contributed by atoms with E-state index in [1.54, 1.807) is 18.0 Å². The quantitative estimate of drug-likeness (QED) is 0.696. The van der Waals surface area contributed by atoms with Gasteiger partial charge in [-0.05, 0) is 18.6 Å². The van der Waals surface area contributed by atoms with Gasteiger partial charge >= 0.3 is 0 Å². The average Bonchev–Trinajstić information content (AvgIpc) is 2.24. The van der Waals surface area contributed by atoms with Gasteiger partial charge in [-0.2, -0.15) is 0 Å². The van der Waals surface area contributed by atoms with Crippen LogP contribution in [0.5, 0.6) is 0 Å². The van der Waals surface area contributed by atoms with Crippen molar-refractivity contribution >= 4 is 17.4 Å². The lowest BCUT2D eigenvalue weighted by Crippen LogP contribution is -2.40. The first-order valence-corrected chi connectivity index (χ1v) is 5.75. The number of amides is 1. The molecule has 17 heavy (non-hydrogen) atoms. The lowest BCUT2D eigenvalue weighted by molar-refractivity contribution is -0.119. The monoisotopic (exact) mass is 231 g/mol. The minimum Gasteiger partial charge on any atom is -0.314 e. The zero-order valence-electron chi connectivity index (χ0n) is 10.7. The van der Waals surface area contributed by atoms with E-state index in [4.69, 9.17) is 0 Å². The Balaban J connectivity index is 2.74. The summed E-state index contributed by atoms with van der Waals surface area (Å²) in [5.41, 5.74) is 2.28. The van der Waals surface area contributed by atoms with Crippen molar-refractivity contribution in [3.05, 3.63) is 29.3 Å². The fraction of sp³-hybridized carbons (Fsp3) is 0.429. The van der Waals surface area contributed by atoms with Gasteiger partial charge in [-0.1, -0.05) is 26.0 Å². The van der Waals surface area contributed by atoms with Crippen LogP contribution in [0.2, 0.25) is 0 Å². The Morgan fingerprint density at radius 1 is 1.35 bits per heavy atom. The van der Waals surface area contributed by atoms with Crippen molar-refractivity contribution in [1.29, 1.82) is 0 Å². The number of benzene rings is 1. The van der Waals surface area contributed by atoms with Crippen molar-refractivity contribution in [2.45, 2.75) is 32.6 Å². The van der Waals surface area contributed by atoms with E-state index < -0.39 is 0 Å². The van der Waals surface area contributed by atoms with Crippen molar-refractivity contribution in [3.8, 4) is 0 Å². The van der Waals surface area contributed by atoms with Crippen LogP contribution >= 0.6 is 0 Å². The van der Waals surface area contributed by atoms with Crippen molar-refractivity contribution in [2.24, 2.45) is 0 Å². The van der Waals surface area contributed by atoms with Gasteiger partial charge in [0.1, 0.15) is 0 Å². The molecule has 0 saturated carbocycles. The minimum absolute atomic E-state index is 0.000741. The highest BCUT2D eigenvalue weighted by Gasteiger charge is 2.36. The number of ketones is 1. The van der Waals surface area contributed by atoms with Crippen LogP contribution in [0.25, 0.3) is 0 Å². The maximum absolute atomic E-state index is 12.0. The van der Waals surface area contributed by atoms with E-state index in [2.05, 4.69) is 0 Å². The van der Waals surface area contributed by atoms with Gasteiger partial charge in [0.15, 0.2) is 5.78 Å². The van der Waals surface area contributed by atoms with Gasteiger partial charge in [-0.15, -0.1) is 0 Å². The molecule has 1 amide bonds. The molecule has 0 bridgehead atoms. The van der Waals surface area contributed by atoms with Gasteiger partial charge in [0.25, 0.3) is 0 Å². The molecule has 0 spiro atoms. The maximum atomic E-state index is 12.0. The van der Waals surface area contributed by atoms with Crippen molar-refractivity contribution in [3.63, 3.8) is 0 Å². The topological polar surface area (TPSA) is 37.4 Å². The van der Waals surface area contributed by atoms with E-state index in [1.807, 2.05) is 26.0 Å². The average molecular weight is 231 g/mol. The number of nitrogens with zero attached hydrogens (tertiary/aromatic N) is 1. The van der Waals surface area contributed by atoms with Crippen LogP contribution in [0.1, 0.15) is 43.1 Å². The third-order valence-electron chi connectivity index (χ3n) is 3.45. The Morgan fingerprint density at radius 2 is 2.00 bits per heavy atom. The number of rotatable bonds is 1. The zero-order chi connectivity index (χ0) is 12.8. The fourth-order valence-corrected chi connectivity index (χ4v) is 2.45. The second kappa shape index (κ2) is 3.69. The molecule has 1 aromatic carbocycles. The van der Waals surface area contributed by atoms with Crippen LogP contribution < -0.4 is 4.90 Å². The van der Waals surface area contributed by atoms with Gasteiger partial charge in [0.2, 0.25) is 5.91 Å². The molecule has 0 N–H and O–H groups in total. The number of hydrogen-bond donors (Lipinski definition) is 0. The van der Waals surface area contributed by atoms with E-state index in [0.717, 1.165) is 11.3 Å². The third kappa shape index (κ3) is 1.75. The Bertz CT molecular complexity index is 503. The van der Waals surface area contributed by atoms with Crippen molar-refractivity contribution in [1.82, 2.24) is 0 Å². The molecule has 0 saturated heterocycles. The van der Waals surface area contributed by atoms with Crippen molar-refractivity contribution in [2.75, 3.05) is 11.9 Å². The van der Waals surface area contributed by atoms with E-state index in [9.17, 15) is 9.59 Å². The predicted molar refractivity (Wildman–Crippen MR) is 67.5 cm³/mol. The molecule has 0 radical (unpaired) electrons. The molecule has 0 aromatic heterocycles. The van der Waals surface area contributed by atoms with Crippen LogP contribution in [-0.2, 0) is 10.2 Å². The second-order valence-electron chi connectivity index (χ2n) is 5.27. The largest absolute Gasteiger partial charge is 0.314 e. The first-order chi connectivity index (χ1) is 7.84. The normalized spacial score (nSPS) is 17.9. The zero-order valence-corrected chi connectivity index (χ0v) is 10.7. The predicted octanol–water partition coefficient (Wildman–Crippen LogP) is 2.53. The van der Waals surface area contributed by atoms with E-state index in [0.29, 0.717) is 12.0 Å². The molecule has 90 valence electrons. The summed E-state index contributed by atoms with van der Waals surface area (Å²) in [5, 5.41) is 0. The summed E-state index contributed by atoms with van der Waals surface area (Å²) >= 11 is 0. The van der Waals surface area contributed by atoms with Gasteiger partial charge in [-0.3, -0.25) is 9.59 Å². The van der Waals surface area contributed by atoms with Gasteiger partial charge in [-0.25, -0.2) is 0 Å². The minimum atomic E-state index is -0.204. The first-order valence-electron chi connectivity index (χ1n) is 5.75. The van der Waals surface area contributed by atoms with Gasteiger partial charge in [0.05, 0.1) is 5.69 Å². The first kappa shape index (κ1) is 11.8. The van der Waals surface area contributed by atoms with Gasteiger partial charge in [0, 0.05) is 24.4 Å². The molecular weight excluding hydrogens is 214 g/mol. The summed E-state index contributed by atoms with van der Waals surface area (Å²) < 4.78 is 0. The number of hydrogen-bond acceptors (Lipinski definition) is 2. The Labute approximate surface area is 101 Å².